The molecular formula is C15H30N2O5. The van der Waals surface area contributed by atoms with Crippen molar-refractivity contribution < 1.29 is 24.5 Å². The number of hydrogen-bond acceptors (Lipinski definition) is 5. The molecule has 0 radical (unpaired) electrons. The van der Waals surface area contributed by atoms with Crippen molar-refractivity contribution in [1.82, 2.24) is 10.6 Å². The first-order chi connectivity index (χ1) is 9.93. The highest BCUT2D eigenvalue weighted by Crippen LogP contribution is 2.14. The fourth-order valence-electron chi connectivity index (χ4n) is 1.66. The molecule has 0 fully saturated rings. The number of ether oxygens (including phenoxy) is 1. The van der Waals surface area contributed by atoms with Gasteiger partial charge in [0.1, 0.15) is 6.04 Å². The maximum absolute atomic E-state index is 11.2. The van der Waals surface area contributed by atoms with Gasteiger partial charge in [0.05, 0.1) is 19.8 Å². The van der Waals surface area contributed by atoms with Crippen LogP contribution in [0.5, 0.6) is 0 Å². The van der Waals surface area contributed by atoms with E-state index in [0.29, 0.717) is 19.7 Å². The molecule has 0 rings (SSSR count). The summed E-state index contributed by atoms with van der Waals surface area (Å²) < 4.78 is 5.51. The highest BCUT2D eigenvalue weighted by Gasteiger charge is 2.23. The molecule has 7 heteroatoms. The third kappa shape index (κ3) is 11.5. The Bertz CT molecular complexity index is 363. The Labute approximate surface area is 132 Å². The monoisotopic (exact) mass is 318 g/mol. The fraction of sp³-hybridized carbons (Fsp3) is 0.867. The zero-order valence-electron chi connectivity index (χ0n) is 14.2. The van der Waals surface area contributed by atoms with E-state index in [-0.39, 0.29) is 24.0 Å². The van der Waals surface area contributed by atoms with E-state index < -0.39 is 18.0 Å². The summed E-state index contributed by atoms with van der Waals surface area (Å²) in [6, 6.07) is -0.748. The van der Waals surface area contributed by atoms with E-state index in [9.17, 15) is 14.7 Å². The first-order valence-corrected chi connectivity index (χ1v) is 7.39. The van der Waals surface area contributed by atoms with Gasteiger partial charge in [-0.05, 0) is 5.41 Å². The number of aliphatic carboxylic acids is 2. The SMILES string of the molecule is CC(C)(C)CN[C@@H](COCC(C)(C)CNCC(=O)O)C(=O)O. The van der Waals surface area contributed by atoms with E-state index in [1.165, 1.54) is 0 Å². The van der Waals surface area contributed by atoms with Gasteiger partial charge in [-0.25, -0.2) is 0 Å². The second kappa shape index (κ2) is 9.07. The molecule has 0 heterocycles. The van der Waals surface area contributed by atoms with Crippen molar-refractivity contribution >= 4 is 11.9 Å². The predicted molar refractivity (Wildman–Crippen MR) is 84.0 cm³/mol. The molecule has 7 nitrogen and oxygen atoms in total. The quantitative estimate of drug-likeness (QED) is 0.446. The highest BCUT2D eigenvalue weighted by atomic mass is 16.5. The summed E-state index contributed by atoms with van der Waals surface area (Å²) in [5.74, 6) is -1.85. The molecule has 0 saturated heterocycles. The predicted octanol–water partition coefficient (Wildman–Crippen LogP) is 0.792. The van der Waals surface area contributed by atoms with Gasteiger partial charge >= 0.3 is 11.9 Å². The molecule has 130 valence electrons. The first-order valence-electron chi connectivity index (χ1n) is 7.39. The minimum absolute atomic E-state index is 0.00623. The first kappa shape index (κ1) is 20.8. The van der Waals surface area contributed by atoms with Crippen molar-refractivity contribution in [1.29, 1.82) is 0 Å². The third-order valence-corrected chi connectivity index (χ3v) is 2.83. The van der Waals surface area contributed by atoms with Crippen LogP contribution in [0, 0.1) is 10.8 Å². The Kier molecular flexibility index (Phi) is 8.58. The number of hydrogen-bond donors (Lipinski definition) is 4. The molecule has 0 aliphatic rings. The van der Waals surface area contributed by atoms with Crippen molar-refractivity contribution in [3.05, 3.63) is 0 Å². The third-order valence-electron chi connectivity index (χ3n) is 2.83. The molecular weight excluding hydrogens is 288 g/mol. The molecule has 0 aliphatic heterocycles. The lowest BCUT2D eigenvalue weighted by Gasteiger charge is -2.26. The zero-order chi connectivity index (χ0) is 17.4. The molecule has 0 aromatic rings. The molecule has 0 amide bonds. The lowest BCUT2D eigenvalue weighted by molar-refractivity contribution is -0.142. The molecule has 0 unspecified atom stereocenters. The van der Waals surface area contributed by atoms with Gasteiger partial charge in [0, 0.05) is 18.5 Å². The Morgan fingerprint density at radius 2 is 1.68 bits per heavy atom. The average molecular weight is 318 g/mol. The highest BCUT2D eigenvalue weighted by molar-refractivity contribution is 5.73. The molecule has 0 spiro atoms. The molecule has 0 aromatic heterocycles. The van der Waals surface area contributed by atoms with E-state index in [1.54, 1.807) is 0 Å². The van der Waals surface area contributed by atoms with Crippen LogP contribution in [0.2, 0.25) is 0 Å². The van der Waals surface area contributed by atoms with Gasteiger partial charge in [-0.2, -0.15) is 0 Å². The van der Waals surface area contributed by atoms with Gasteiger partial charge in [0.25, 0.3) is 0 Å². The van der Waals surface area contributed by atoms with Crippen LogP contribution in [-0.4, -0.2) is 61.0 Å². The number of nitrogens with one attached hydrogen (secondary N) is 2. The van der Waals surface area contributed by atoms with Gasteiger partial charge in [0.15, 0.2) is 0 Å². The van der Waals surface area contributed by atoms with Crippen LogP contribution in [0.3, 0.4) is 0 Å². The van der Waals surface area contributed by atoms with E-state index >= 15 is 0 Å². The molecule has 0 aliphatic carbocycles. The van der Waals surface area contributed by atoms with Crippen molar-refractivity contribution in [3.63, 3.8) is 0 Å². The maximum atomic E-state index is 11.2. The molecule has 4 N–H and O–H groups in total. The van der Waals surface area contributed by atoms with E-state index in [0.717, 1.165) is 0 Å². The minimum atomic E-state index is -0.939. The lowest BCUT2D eigenvalue weighted by atomic mass is 9.95. The summed E-state index contributed by atoms with van der Waals surface area (Å²) in [4.78, 5) is 21.6. The van der Waals surface area contributed by atoms with Gasteiger partial charge in [-0.1, -0.05) is 34.6 Å². The number of carboxylic acid groups (broad SMARTS) is 2. The van der Waals surface area contributed by atoms with Gasteiger partial charge in [0.2, 0.25) is 0 Å². The second-order valence-corrected chi connectivity index (χ2v) is 7.51. The van der Waals surface area contributed by atoms with Crippen LogP contribution in [-0.2, 0) is 14.3 Å². The Morgan fingerprint density at radius 1 is 1.09 bits per heavy atom. The fourth-order valence-corrected chi connectivity index (χ4v) is 1.66. The van der Waals surface area contributed by atoms with E-state index in [2.05, 4.69) is 10.6 Å². The second-order valence-electron chi connectivity index (χ2n) is 7.51. The summed E-state index contributed by atoms with van der Waals surface area (Å²) in [5.41, 5.74) is -0.281. The van der Waals surface area contributed by atoms with Crippen LogP contribution in [0.4, 0.5) is 0 Å². The van der Waals surface area contributed by atoms with E-state index in [1.807, 2.05) is 34.6 Å². The van der Waals surface area contributed by atoms with E-state index in [4.69, 9.17) is 9.84 Å². The van der Waals surface area contributed by atoms with Crippen LogP contribution in [0.15, 0.2) is 0 Å². The van der Waals surface area contributed by atoms with Gasteiger partial charge in [-0.15, -0.1) is 0 Å². The van der Waals surface area contributed by atoms with Crippen molar-refractivity contribution in [2.24, 2.45) is 10.8 Å². The topological polar surface area (TPSA) is 108 Å². The summed E-state index contributed by atoms with van der Waals surface area (Å²) in [6.45, 7) is 11.3. The molecule has 0 aromatic carbocycles. The molecule has 1 atom stereocenters. The maximum Gasteiger partial charge on any atom is 0.323 e. The number of rotatable bonds is 11. The summed E-state index contributed by atoms with van der Waals surface area (Å²) in [7, 11) is 0. The average Bonchev–Trinajstić information content (AvgIpc) is 2.30. The van der Waals surface area contributed by atoms with Crippen molar-refractivity contribution in [2.75, 3.05) is 32.8 Å². The Balaban J connectivity index is 4.15. The zero-order valence-corrected chi connectivity index (χ0v) is 14.2. The smallest absolute Gasteiger partial charge is 0.323 e. The Morgan fingerprint density at radius 3 is 2.14 bits per heavy atom. The summed E-state index contributed by atoms with van der Waals surface area (Å²) in [5, 5.41) is 23.6. The number of carboxylic acids is 2. The minimum Gasteiger partial charge on any atom is -0.480 e. The van der Waals surface area contributed by atoms with Gasteiger partial charge in [-0.3, -0.25) is 9.59 Å². The van der Waals surface area contributed by atoms with Crippen LogP contribution in [0.25, 0.3) is 0 Å². The standard InChI is InChI=1S/C15H30N2O5/c1-14(2,3)8-17-11(13(20)21)7-22-10-15(4,5)9-16-6-12(18)19/h11,16-17H,6-10H2,1-5H3,(H,18,19)(H,20,21)/t11-/m0/s1. The lowest BCUT2D eigenvalue weighted by Crippen LogP contribution is -2.45. The largest absolute Gasteiger partial charge is 0.480 e. The molecule has 0 saturated carbocycles. The molecule has 22 heavy (non-hydrogen) atoms. The normalized spacial score (nSPS) is 13.9. The number of carbonyl (C=O) groups is 2. The van der Waals surface area contributed by atoms with Crippen LogP contribution < -0.4 is 10.6 Å². The van der Waals surface area contributed by atoms with Crippen molar-refractivity contribution in [2.45, 2.75) is 40.7 Å². The van der Waals surface area contributed by atoms with Crippen LogP contribution >= 0.6 is 0 Å². The Hall–Kier alpha value is -1.18. The molecule has 0 bridgehead atoms. The summed E-state index contributed by atoms with van der Waals surface area (Å²) in [6.07, 6.45) is 0. The van der Waals surface area contributed by atoms with Crippen molar-refractivity contribution in [3.8, 4) is 0 Å². The van der Waals surface area contributed by atoms with Crippen LogP contribution in [0.1, 0.15) is 34.6 Å². The summed E-state index contributed by atoms with van der Waals surface area (Å²) >= 11 is 0. The van der Waals surface area contributed by atoms with Gasteiger partial charge < -0.3 is 25.6 Å².